The highest BCUT2D eigenvalue weighted by Gasteiger charge is 2.23. The summed E-state index contributed by atoms with van der Waals surface area (Å²) in [4.78, 5) is 6.36. The average molecular weight is 192 g/mol. The fourth-order valence-corrected chi connectivity index (χ4v) is 1.58. The van der Waals surface area contributed by atoms with Crippen LogP contribution in [-0.4, -0.2) is 36.1 Å². The van der Waals surface area contributed by atoms with E-state index in [4.69, 9.17) is 4.74 Å². The van der Waals surface area contributed by atoms with E-state index < -0.39 is 0 Å². The van der Waals surface area contributed by atoms with Crippen LogP contribution in [0.2, 0.25) is 0 Å². The number of hydrogen-bond acceptors (Lipinski definition) is 3. The molecule has 2 rings (SSSR count). The van der Waals surface area contributed by atoms with Crippen molar-refractivity contribution in [3.05, 3.63) is 30.1 Å². The fraction of sp³-hybridized carbons (Fsp3) is 0.545. The number of likely N-dealkylation sites (tertiary alicyclic amines) is 1. The molecule has 1 saturated heterocycles. The summed E-state index contributed by atoms with van der Waals surface area (Å²) in [6.45, 7) is 2.73. The Morgan fingerprint density at radius 2 is 2.57 bits per heavy atom. The summed E-state index contributed by atoms with van der Waals surface area (Å²) in [5.41, 5.74) is 1.15. The molecule has 1 aliphatic heterocycles. The van der Waals surface area contributed by atoms with E-state index in [9.17, 15) is 0 Å². The van der Waals surface area contributed by atoms with Crippen LogP contribution in [0.15, 0.2) is 24.5 Å². The summed E-state index contributed by atoms with van der Waals surface area (Å²) < 4.78 is 5.61. The van der Waals surface area contributed by atoms with Gasteiger partial charge in [0.15, 0.2) is 0 Å². The summed E-state index contributed by atoms with van der Waals surface area (Å²) in [6, 6.07) is 4.61. The third kappa shape index (κ3) is 2.30. The molecule has 0 N–H and O–H groups in total. The van der Waals surface area contributed by atoms with Gasteiger partial charge < -0.3 is 9.64 Å². The van der Waals surface area contributed by atoms with Crippen LogP contribution in [0.5, 0.6) is 0 Å². The van der Waals surface area contributed by atoms with Crippen molar-refractivity contribution in [3.63, 3.8) is 0 Å². The van der Waals surface area contributed by atoms with Gasteiger partial charge >= 0.3 is 0 Å². The third-order valence-electron chi connectivity index (χ3n) is 2.74. The minimum Gasteiger partial charge on any atom is -0.375 e. The number of aromatic nitrogens is 1. The van der Waals surface area contributed by atoms with Crippen LogP contribution in [0.4, 0.5) is 0 Å². The van der Waals surface area contributed by atoms with Crippen molar-refractivity contribution >= 4 is 0 Å². The smallest absolute Gasteiger partial charge is 0.0732 e. The maximum atomic E-state index is 5.61. The van der Waals surface area contributed by atoms with Crippen LogP contribution in [0, 0.1) is 0 Å². The second-order valence-electron chi connectivity index (χ2n) is 3.80. The Kier molecular flexibility index (Phi) is 3.11. The van der Waals surface area contributed by atoms with Crippen molar-refractivity contribution in [1.82, 2.24) is 9.88 Å². The molecule has 0 aromatic carbocycles. The maximum absolute atomic E-state index is 5.61. The van der Waals surface area contributed by atoms with Crippen molar-refractivity contribution in [3.8, 4) is 0 Å². The molecule has 1 aromatic rings. The summed E-state index contributed by atoms with van der Waals surface area (Å²) >= 11 is 0. The molecule has 0 saturated carbocycles. The summed E-state index contributed by atoms with van der Waals surface area (Å²) in [5, 5.41) is 0. The molecule has 2 heterocycles. The van der Waals surface area contributed by atoms with Crippen molar-refractivity contribution in [2.45, 2.75) is 19.1 Å². The van der Waals surface area contributed by atoms with Crippen molar-refractivity contribution in [2.24, 2.45) is 0 Å². The molecule has 3 heteroatoms. The lowest BCUT2D eigenvalue weighted by molar-refractivity contribution is 0.0143. The van der Waals surface area contributed by atoms with Gasteiger partial charge in [0.05, 0.1) is 13.2 Å². The summed E-state index contributed by atoms with van der Waals surface area (Å²) in [7, 11) is 2.14. The number of rotatable bonds is 4. The first-order valence-corrected chi connectivity index (χ1v) is 5.03. The van der Waals surface area contributed by atoms with Crippen molar-refractivity contribution in [1.29, 1.82) is 0 Å². The Morgan fingerprint density at radius 3 is 3.14 bits per heavy atom. The molecule has 1 atom stereocenters. The monoisotopic (exact) mass is 192 g/mol. The van der Waals surface area contributed by atoms with Gasteiger partial charge in [-0.05, 0) is 31.6 Å². The van der Waals surface area contributed by atoms with Gasteiger partial charge in [0.2, 0.25) is 0 Å². The molecule has 0 unspecified atom stereocenters. The lowest BCUT2D eigenvalue weighted by Gasteiger charge is -2.37. The standard InChI is InChI=1S/C11H16N2O/c1-13-6-4-11(13)9-14-8-10-3-2-5-12-7-10/h2-3,5,7,11H,4,6,8-9H2,1H3/t11-/m1/s1. The SMILES string of the molecule is CN1CC[C@@H]1COCc1cccnc1. The molecule has 1 fully saturated rings. The molecule has 14 heavy (non-hydrogen) atoms. The van der Waals surface area contributed by atoms with Crippen LogP contribution in [0.3, 0.4) is 0 Å². The summed E-state index contributed by atoms with van der Waals surface area (Å²) in [5.74, 6) is 0. The van der Waals surface area contributed by atoms with E-state index in [-0.39, 0.29) is 0 Å². The van der Waals surface area contributed by atoms with Crippen molar-refractivity contribution in [2.75, 3.05) is 20.2 Å². The van der Waals surface area contributed by atoms with Crippen LogP contribution in [0.25, 0.3) is 0 Å². The molecule has 0 bridgehead atoms. The van der Waals surface area contributed by atoms with Gasteiger partial charge in [0.1, 0.15) is 0 Å². The molecule has 0 aliphatic carbocycles. The maximum Gasteiger partial charge on any atom is 0.0732 e. The molecule has 1 aliphatic rings. The second-order valence-corrected chi connectivity index (χ2v) is 3.80. The van der Waals surface area contributed by atoms with Crippen LogP contribution in [-0.2, 0) is 11.3 Å². The van der Waals surface area contributed by atoms with Gasteiger partial charge in [-0.3, -0.25) is 4.98 Å². The lowest BCUT2D eigenvalue weighted by atomic mass is 10.1. The topological polar surface area (TPSA) is 25.4 Å². The first-order chi connectivity index (χ1) is 6.86. The van der Waals surface area contributed by atoms with Crippen LogP contribution >= 0.6 is 0 Å². The second kappa shape index (κ2) is 4.53. The highest BCUT2D eigenvalue weighted by Crippen LogP contribution is 2.14. The number of ether oxygens (including phenoxy) is 1. The van der Waals surface area contributed by atoms with E-state index in [2.05, 4.69) is 16.9 Å². The van der Waals surface area contributed by atoms with Crippen LogP contribution < -0.4 is 0 Å². The average Bonchev–Trinajstić information content (AvgIpc) is 2.24. The first kappa shape index (κ1) is 9.62. The molecule has 3 nitrogen and oxygen atoms in total. The first-order valence-electron chi connectivity index (χ1n) is 5.03. The highest BCUT2D eigenvalue weighted by molar-refractivity contribution is 5.06. The molecule has 76 valence electrons. The van der Waals surface area contributed by atoms with Gasteiger partial charge in [-0.15, -0.1) is 0 Å². The Morgan fingerprint density at radius 1 is 1.64 bits per heavy atom. The Labute approximate surface area is 84.7 Å². The minimum absolute atomic E-state index is 0.631. The fourth-order valence-electron chi connectivity index (χ4n) is 1.58. The van der Waals surface area contributed by atoms with Gasteiger partial charge in [-0.25, -0.2) is 0 Å². The number of pyridine rings is 1. The van der Waals surface area contributed by atoms with E-state index in [1.165, 1.54) is 13.0 Å². The van der Waals surface area contributed by atoms with Gasteiger partial charge in [0, 0.05) is 18.4 Å². The minimum atomic E-state index is 0.631. The zero-order chi connectivity index (χ0) is 9.80. The van der Waals surface area contributed by atoms with E-state index in [1.54, 1.807) is 6.20 Å². The number of hydrogen-bond donors (Lipinski definition) is 0. The largest absolute Gasteiger partial charge is 0.375 e. The van der Waals surface area contributed by atoms with Gasteiger partial charge in [-0.2, -0.15) is 0 Å². The molecular formula is C11H16N2O. The zero-order valence-electron chi connectivity index (χ0n) is 8.52. The van der Waals surface area contributed by atoms with E-state index >= 15 is 0 Å². The van der Waals surface area contributed by atoms with E-state index in [0.717, 1.165) is 12.2 Å². The lowest BCUT2D eigenvalue weighted by Crippen LogP contribution is -2.47. The summed E-state index contributed by atoms with van der Waals surface area (Å²) in [6.07, 6.45) is 4.90. The highest BCUT2D eigenvalue weighted by atomic mass is 16.5. The normalized spacial score (nSPS) is 21.9. The number of likely N-dealkylation sites (N-methyl/N-ethyl adjacent to an activating group) is 1. The third-order valence-corrected chi connectivity index (χ3v) is 2.74. The molecule has 0 radical (unpaired) electrons. The Hall–Kier alpha value is -0.930. The molecular weight excluding hydrogens is 176 g/mol. The van der Waals surface area contributed by atoms with Gasteiger partial charge in [0.25, 0.3) is 0 Å². The van der Waals surface area contributed by atoms with E-state index in [1.807, 2.05) is 18.3 Å². The Balaban J connectivity index is 1.68. The van der Waals surface area contributed by atoms with Crippen molar-refractivity contribution < 1.29 is 4.74 Å². The zero-order valence-corrected chi connectivity index (χ0v) is 8.52. The van der Waals surface area contributed by atoms with Crippen LogP contribution in [0.1, 0.15) is 12.0 Å². The van der Waals surface area contributed by atoms with E-state index in [0.29, 0.717) is 12.6 Å². The molecule has 0 amide bonds. The predicted molar refractivity (Wildman–Crippen MR) is 54.9 cm³/mol. The quantitative estimate of drug-likeness (QED) is 0.719. The Bertz CT molecular complexity index is 276. The predicted octanol–water partition coefficient (Wildman–Crippen LogP) is 1.30. The number of nitrogens with zero attached hydrogens (tertiary/aromatic N) is 2. The molecule has 0 spiro atoms. The van der Waals surface area contributed by atoms with Gasteiger partial charge in [-0.1, -0.05) is 6.07 Å². The molecule has 1 aromatic heterocycles.